The third-order valence-electron chi connectivity index (χ3n) is 4.29. The molecule has 0 aromatic carbocycles. The fourth-order valence-electron chi connectivity index (χ4n) is 3.39. The summed E-state index contributed by atoms with van der Waals surface area (Å²) in [5.74, 6) is 2.21. The number of nitrogens with one attached hydrogen (secondary N) is 1. The average molecular weight is 261 g/mol. The van der Waals surface area contributed by atoms with E-state index in [9.17, 15) is 0 Å². The highest BCUT2D eigenvalue weighted by atomic mass is 14.9. The van der Waals surface area contributed by atoms with Crippen molar-refractivity contribution < 1.29 is 0 Å². The van der Waals surface area contributed by atoms with Gasteiger partial charge in [0.25, 0.3) is 0 Å². The Morgan fingerprint density at radius 1 is 1.47 bits per heavy atom. The van der Waals surface area contributed by atoms with E-state index >= 15 is 0 Å². The van der Waals surface area contributed by atoms with Crippen LogP contribution in [0.4, 0.5) is 5.82 Å². The minimum Gasteiger partial charge on any atom is -0.383 e. The first-order valence-electron chi connectivity index (χ1n) is 7.57. The summed E-state index contributed by atoms with van der Waals surface area (Å²) in [5, 5.41) is 3.64. The lowest BCUT2D eigenvalue weighted by molar-refractivity contribution is 0.225. The summed E-state index contributed by atoms with van der Waals surface area (Å²) in [6.45, 7) is 7.59. The molecule has 1 saturated carbocycles. The summed E-state index contributed by atoms with van der Waals surface area (Å²) in [6.07, 6.45) is 7.16. The molecule has 3 N–H and O–H groups in total. The molecule has 0 aliphatic heterocycles. The predicted molar refractivity (Wildman–Crippen MR) is 80.9 cm³/mol. The zero-order chi connectivity index (χ0) is 13.8. The van der Waals surface area contributed by atoms with E-state index in [1.165, 1.54) is 36.8 Å². The number of pyridine rings is 1. The van der Waals surface area contributed by atoms with E-state index in [2.05, 4.69) is 37.1 Å². The summed E-state index contributed by atoms with van der Waals surface area (Å²) in [6, 6.07) is 2.56. The van der Waals surface area contributed by atoms with E-state index in [4.69, 9.17) is 5.73 Å². The van der Waals surface area contributed by atoms with Crippen molar-refractivity contribution in [3.63, 3.8) is 0 Å². The minimum absolute atomic E-state index is 0.361. The van der Waals surface area contributed by atoms with Gasteiger partial charge >= 0.3 is 0 Å². The Balaban J connectivity index is 2.25. The molecule has 106 valence electrons. The van der Waals surface area contributed by atoms with Crippen LogP contribution in [-0.2, 0) is 0 Å². The zero-order valence-corrected chi connectivity index (χ0v) is 12.4. The van der Waals surface area contributed by atoms with Crippen LogP contribution >= 0.6 is 0 Å². The van der Waals surface area contributed by atoms with Gasteiger partial charge in [-0.2, -0.15) is 0 Å². The highest BCUT2D eigenvalue weighted by molar-refractivity contribution is 5.43. The molecule has 0 bridgehead atoms. The number of nitrogens with zero attached hydrogens (tertiary/aromatic N) is 1. The van der Waals surface area contributed by atoms with Crippen LogP contribution in [0.1, 0.15) is 56.7 Å². The number of rotatable bonds is 4. The Morgan fingerprint density at radius 3 is 2.95 bits per heavy atom. The number of nitrogens with two attached hydrogens (primary N) is 1. The Bertz CT molecular complexity index is 416. The molecule has 1 aromatic heterocycles. The van der Waals surface area contributed by atoms with Crippen molar-refractivity contribution >= 4 is 5.82 Å². The second kappa shape index (κ2) is 6.38. The van der Waals surface area contributed by atoms with Gasteiger partial charge in [-0.05, 0) is 49.8 Å². The van der Waals surface area contributed by atoms with Crippen LogP contribution in [0.5, 0.6) is 0 Å². The van der Waals surface area contributed by atoms with Crippen molar-refractivity contribution in [1.82, 2.24) is 10.3 Å². The Hall–Kier alpha value is -1.09. The van der Waals surface area contributed by atoms with Crippen LogP contribution in [0, 0.1) is 18.8 Å². The van der Waals surface area contributed by atoms with Gasteiger partial charge in [-0.1, -0.05) is 26.7 Å². The normalized spacial score (nSPS) is 25.2. The van der Waals surface area contributed by atoms with Crippen LogP contribution < -0.4 is 11.1 Å². The van der Waals surface area contributed by atoms with E-state index in [0.717, 1.165) is 12.5 Å². The zero-order valence-electron chi connectivity index (χ0n) is 12.4. The molecule has 1 aliphatic rings. The lowest BCUT2D eigenvalue weighted by Gasteiger charge is -2.34. The topological polar surface area (TPSA) is 50.9 Å². The summed E-state index contributed by atoms with van der Waals surface area (Å²) in [7, 11) is 0. The number of hydrogen-bond acceptors (Lipinski definition) is 3. The number of nitrogen functional groups attached to an aromatic ring is 1. The number of anilines is 1. The lowest BCUT2D eigenvalue weighted by atomic mass is 9.76. The number of hydrogen-bond donors (Lipinski definition) is 2. The first-order chi connectivity index (χ1) is 9.11. The first-order valence-corrected chi connectivity index (χ1v) is 7.57. The van der Waals surface area contributed by atoms with Crippen molar-refractivity contribution in [1.29, 1.82) is 0 Å². The van der Waals surface area contributed by atoms with E-state index in [1.54, 1.807) is 0 Å². The highest BCUT2D eigenvalue weighted by Crippen LogP contribution is 2.38. The molecule has 3 unspecified atom stereocenters. The molecule has 0 amide bonds. The molecular formula is C16H27N3. The Kier molecular flexibility index (Phi) is 4.81. The monoisotopic (exact) mass is 261 g/mol. The van der Waals surface area contributed by atoms with Gasteiger partial charge < -0.3 is 11.1 Å². The third kappa shape index (κ3) is 3.47. The van der Waals surface area contributed by atoms with E-state index in [1.807, 2.05) is 6.20 Å². The first kappa shape index (κ1) is 14.3. The highest BCUT2D eigenvalue weighted by Gasteiger charge is 2.28. The van der Waals surface area contributed by atoms with Gasteiger partial charge in [0, 0.05) is 17.8 Å². The SMILES string of the molecule is CCNC(c1cc(C)cnc1N)C1CCCC(C)C1. The Labute approximate surface area is 117 Å². The van der Waals surface area contributed by atoms with Gasteiger partial charge in [0.1, 0.15) is 5.82 Å². The van der Waals surface area contributed by atoms with Gasteiger partial charge in [-0.25, -0.2) is 4.98 Å². The van der Waals surface area contributed by atoms with E-state index in [0.29, 0.717) is 17.8 Å². The van der Waals surface area contributed by atoms with Crippen LogP contribution in [0.3, 0.4) is 0 Å². The maximum atomic E-state index is 6.11. The summed E-state index contributed by atoms with van der Waals surface area (Å²) in [5.41, 5.74) is 8.50. The van der Waals surface area contributed by atoms with Crippen LogP contribution in [0.2, 0.25) is 0 Å². The van der Waals surface area contributed by atoms with E-state index in [-0.39, 0.29) is 0 Å². The van der Waals surface area contributed by atoms with Crippen molar-refractivity contribution in [2.45, 2.75) is 52.5 Å². The molecule has 1 fully saturated rings. The Morgan fingerprint density at radius 2 is 2.26 bits per heavy atom. The molecule has 0 spiro atoms. The number of aryl methyl sites for hydroxylation is 1. The maximum Gasteiger partial charge on any atom is 0.128 e. The molecule has 3 atom stereocenters. The van der Waals surface area contributed by atoms with Crippen LogP contribution in [0.15, 0.2) is 12.3 Å². The fourth-order valence-corrected chi connectivity index (χ4v) is 3.39. The second-order valence-electron chi connectivity index (χ2n) is 6.05. The number of aromatic nitrogens is 1. The molecular weight excluding hydrogens is 234 g/mol. The molecule has 3 heteroatoms. The molecule has 0 radical (unpaired) electrons. The smallest absolute Gasteiger partial charge is 0.128 e. The van der Waals surface area contributed by atoms with Gasteiger partial charge in [0.05, 0.1) is 0 Å². The fraction of sp³-hybridized carbons (Fsp3) is 0.688. The molecule has 0 saturated heterocycles. The molecule has 2 rings (SSSR count). The summed E-state index contributed by atoms with van der Waals surface area (Å²) < 4.78 is 0. The molecule has 1 aromatic rings. The largest absolute Gasteiger partial charge is 0.383 e. The molecule has 19 heavy (non-hydrogen) atoms. The lowest BCUT2D eigenvalue weighted by Crippen LogP contribution is -2.32. The second-order valence-corrected chi connectivity index (χ2v) is 6.05. The summed E-state index contributed by atoms with van der Waals surface area (Å²) in [4.78, 5) is 4.33. The molecule has 3 nitrogen and oxygen atoms in total. The van der Waals surface area contributed by atoms with Gasteiger partial charge in [-0.15, -0.1) is 0 Å². The van der Waals surface area contributed by atoms with E-state index < -0.39 is 0 Å². The van der Waals surface area contributed by atoms with Crippen molar-refractivity contribution in [3.8, 4) is 0 Å². The molecule has 1 aliphatic carbocycles. The van der Waals surface area contributed by atoms with Crippen LogP contribution in [0.25, 0.3) is 0 Å². The van der Waals surface area contributed by atoms with Crippen molar-refractivity contribution in [3.05, 3.63) is 23.4 Å². The van der Waals surface area contributed by atoms with Crippen LogP contribution in [-0.4, -0.2) is 11.5 Å². The standard InChI is InChI=1S/C16H27N3/c1-4-18-15(13-7-5-6-11(2)8-13)14-9-12(3)10-19-16(14)17/h9-11,13,15,18H,4-8H2,1-3H3,(H2,17,19). The van der Waals surface area contributed by atoms with Crippen molar-refractivity contribution in [2.24, 2.45) is 11.8 Å². The van der Waals surface area contributed by atoms with Gasteiger partial charge in [-0.3, -0.25) is 0 Å². The van der Waals surface area contributed by atoms with Gasteiger partial charge in [0.15, 0.2) is 0 Å². The molecule has 1 heterocycles. The third-order valence-corrected chi connectivity index (χ3v) is 4.29. The maximum absolute atomic E-state index is 6.11. The summed E-state index contributed by atoms with van der Waals surface area (Å²) >= 11 is 0. The predicted octanol–water partition coefficient (Wildman–Crippen LogP) is 3.45. The average Bonchev–Trinajstić information content (AvgIpc) is 2.39. The quantitative estimate of drug-likeness (QED) is 0.873. The van der Waals surface area contributed by atoms with Gasteiger partial charge in [0.2, 0.25) is 0 Å². The minimum atomic E-state index is 0.361. The van der Waals surface area contributed by atoms with Crippen molar-refractivity contribution in [2.75, 3.05) is 12.3 Å².